The average Bonchev–Trinajstić information content (AvgIpc) is 3.11. The Bertz CT molecular complexity index is 578. The van der Waals surface area contributed by atoms with E-state index in [1.165, 1.54) is 5.57 Å². The van der Waals surface area contributed by atoms with Crippen molar-refractivity contribution in [2.24, 2.45) is 5.92 Å². The highest BCUT2D eigenvalue weighted by molar-refractivity contribution is 5.91. The van der Waals surface area contributed by atoms with Gasteiger partial charge in [0, 0.05) is 17.9 Å². The van der Waals surface area contributed by atoms with E-state index in [2.05, 4.69) is 6.58 Å². The Hall–Kier alpha value is -1.62. The van der Waals surface area contributed by atoms with E-state index in [1.807, 2.05) is 19.9 Å². The van der Waals surface area contributed by atoms with Crippen molar-refractivity contribution >= 4 is 11.9 Å². The summed E-state index contributed by atoms with van der Waals surface area (Å²) in [6.45, 7) is 9.68. The standard InChI is InChI=1S/C18H24O5/c1-5-16(19)22-15-9-12-11(3)17(20)21-13(12)8-10(2)6-7-14-18(15,4)23-14/h8,12-15H,3,5-7,9H2,1-2,4H3. The van der Waals surface area contributed by atoms with Crippen molar-refractivity contribution < 1.29 is 23.8 Å². The quantitative estimate of drug-likeness (QED) is 0.339. The number of fused-ring (bicyclic) bond motifs is 2. The number of carbonyl (C=O) groups is 2. The molecule has 5 atom stereocenters. The van der Waals surface area contributed by atoms with Crippen LogP contribution < -0.4 is 0 Å². The number of carbonyl (C=O) groups excluding carboxylic acids is 2. The Morgan fingerprint density at radius 2 is 2.26 bits per heavy atom. The molecular formula is C18H24O5. The molecule has 0 saturated carbocycles. The molecule has 0 bridgehead atoms. The SMILES string of the molecule is C=C1C(=O)OC2C=C(C)CCC3OC3(C)C(OC(=O)CC)CC12. The molecule has 0 aromatic carbocycles. The van der Waals surface area contributed by atoms with Crippen LogP contribution >= 0.6 is 0 Å². The van der Waals surface area contributed by atoms with Crippen molar-refractivity contribution in [1.29, 1.82) is 0 Å². The summed E-state index contributed by atoms with van der Waals surface area (Å²) in [5.74, 6) is -0.782. The predicted octanol–water partition coefficient (Wildman–Crippen LogP) is 2.69. The van der Waals surface area contributed by atoms with Crippen LogP contribution in [0.1, 0.15) is 46.5 Å². The number of hydrogen-bond donors (Lipinski definition) is 0. The fourth-order valence-corrected chi connectivity index (χ4v) is 3.55. The smallest absolute Gasteiger partial charge is 0.334 e. The summed E-state index contributed by atoms with van der Waals surface area (Å²) in [7, 11) is 0. The highest BCUT2D eigenvalue weighted by atomic mass is 16.6. The average molecular weight is 320 g/mol. The van der Waals surface area contributed by atoms with Gasteiger partial charge in [0.1, 0.15) is 17.8 Å². The lowest BCUT2D eigenvalue weighted by atomic mass is 9.83. The lowest BCUT2D eigenvalue weighted by molar-refractivity contribution is -0.153. The summed E-state index contributed by atoms with van der Waals surface area (Å²) >= 11 is 0. The van der Waals surface area contributed by atoms with Gasteiger partial charge in [-0.3, -0.25) is 4.79 Å². The monoisotopic (exact) mass is 320 g/mol. The molecule has 126 valence electrons. The van der Waals surface area contributed by atoms with Gasteiger partial charge < -0.3 is 14.2 Å². The van der Waals surface area contributed by atoms with Crippen molar-refractivity contribution in [1.82, 2.24) is 0 Å². The largest absolute Gasteiger partial charge is 0.459 e. The maximum Gasteiger partial charge on any atom is 0.334 e. The third kappa shape index (κ3) is 2.94. The first-order chi connectivity index (χ1) is 10.8. The van der Waals surface area contributed by atoms with Crippen molar-refractivity contribution in [2.75, 3.05) is 0 Å². The molecule has 2 heterocycles. The van der Waals surface area contributed by atoms with Gasteiger partial charge in [0.2, 0.25) is 0 Å². The number of hydrogen-bond acceptors (Lipinski definition) is 5. The summed E-state index contributed by atoms with van der Waals surface area (Å²) < 4.78 is 17.0. The maximum absolute atomic E-state index is 11.9. The van der Waals surface area contributed by atoms with E-state index >= 15 is 0 Å². The fourth-order valence-electron chi connectivity index (χ4n) is 3.55. The van der Waals surface area contributed by atoms with Gasteiger partial charge in [-0.15, -0.1) is 0 Å². The summed E-state index contributed by atoms with van der Waals surface area (Å²) in [5.41, 5.74) is 1.17. The Kier molecular flexibility index (Phi) is 4.08. The van der Waals surface area contributed by atoms with Gasteiger partial charge in [0.05, 0.1) is 6.10 Å². The van der Waals surface area contributed by atoms with Crippen LogP contribution in [0.25, 0.3) is 0 Å². The zero-order valence-corrected chi connectivity index (χ0v) is 14.0. The van der Waals surface area contributed by atoms with Gasteiger partial charge >= 0.3 is 11.9 Å². The number of allylic oxidation sites excluding steroid dienone is 1. The van der Waals surface area contributed by atoms with Crippen molar-refractivity contribution in [3.63, 3.8) is 0 Å². The first-order valence-corrected chi connectivity index (χ1v) is 8.29. The molecule has 3 aliphatic rings. The molecule has 23 heavy (non-hydrogen) atoms. The van der Waals surface area contributed by atoms with E-state index < -0.39 is 5.60 Å². The zero-order valence-electron chi connectivity index (χ0n) is 14.0. The Balaban J connectivity index is 1.90. The van der Waals surface area contributed by atoms with Gasteiger partial charge in [0.25, 0.3) is 0 Å². The predicted molar refractivity (Wildman–Crippen MR) is 83.6 cm³/mol. The Labute approximate surface area is 136 Å². The summed E-state index contributed by atoms with van der Waals surface area (Å²) in [6, 6.07) is 0. The minimum absolute atomic E-state index is 0.0864. The lowest BCUT2D eigenvalue weighted by Crippen LogP contribution is -2.37. The molecule has 0 N–H and O–H groups in total. The summed E-state index contributed by atoms with van der Waals surface area (Å²) in [6.07, 6.45) is 3.96. The molecule has 3 rings (SSSR count). The third-order valence-electron chi connectivity index (χ3n) is 5.25. The molecule has 2 saturated heterocycles. The molecule has 0 amide bonds. The molecule has 5 heteroatoms. The van der Waals surface area contributed by atoms with Gasteiger partial charge in [-0.2, -0.15) is 0 Å². The molecule has 0 aromatic rings. The van der Waals surface area contributed by atoms with Gasteiger partial charge in [0.15, 0.2) is 0 Å². The van der Waals surface area contributed by atoms with Crippen LogP contribution in [0.4, 0.5) is 0 Å². The minimum atomic E-state index is -0.473. The van der Waals surface area contributed by atoms with Crippen LogP contribution in [0.3, 0.4) is 0 Å². The Morgan fingerprint density at radius 1 is 1.52 bits per heavy atom. The van der Waals surface area contributed by atoms with E-state index in [0.717, 1.165) is 12.8 Å². The number of ether oxygens (including phenoxy) is 3. The van der Waals surface area contributed by atoms with E-state index in [4.69, 9.17) is 14.2 Å². The molecular weight excluding hydrogens is 296 g/mol. The van der Waals surface area contributed by atoms with Crippen LogP contribution in [0.15, 0.2) is 23.8 Å². The van der Waals surface area contributed by atoms with Crippen LogP contribution in [-0.2, 0) is 23.8 Å². The zero-order chi connectivity index (χ0) is 16.8. The fraction of sp³-hybridized carbons (Fsp3) is 0.667. The van der Waals surface area contributed by atoms with E-state index in [-0.39, 0.29) is 36.2 Å². The molecule has 2 fully saturated rings. The second-order valence-corrected chi connectivity index (χ2v) is 6.91. The first kappa shape index (κ1) is 16.2. The van der Waals surface area contributed by atoms with Crippen LogP contribution in [0.2, 0.25) is 0 Å². The highest BCUT2D eigenvalue weighted by Gasteiger charge is 2.60. The highest BCUT2D eigenvalue weighted by Crippen LogP contribution is 2.48. The maximum atomic E-state index is 11.9. The van der Waals surface area contributed by atoms with Crippen molar-refractivity contribution in [3.8, 4) is 0 Å². The number of rotatable bonds is 2. The van der Waals surface area contributed by atoms with Crippen molar-refractivity contribution in [2.45, 2.75) is 70.4 Å². The van der Waals surface area contributed by atoms with E-state index in [1.54, 1.807) is 6.92 Å². The second-order valence-electron chi connectivity index (χ2n) is 6.91. The summed E-state index contributed by atoms with van der Waals surface area (Å²) in [5, 5.41) is 0. The molecule has 0 spiro atoms. The Morgan fingerprint density at radius 3 is 2.96 bits per heavy atom. The van der Waals surface area contributed by atoms with Gasteiger partial charge in [-0.05, 0) is 39.2 Å². The topological polar surface area (TPSA) is 65.1 Å². The molecule has 5 nitrogen and oxygen atoms in total. The van der Waals surface area contributed by atoms with Crippen molar-refractivity contribution in [3.05, 3.63) is 23.8 Å². The first-order valence-electron chi connectivity index (χ1n) is 8.29. The molecule has 2 aliphatic heterocycles. The number of esters is 2. The summed E-state index contributed by atoms with van der Waals surface area (Å²) in [4.78, 5) is 23.7. The molecule has 1 aliphatic carbocycles. The van der Waals surface area contributed by atoms with E-state index in [9.17, 15) is 9.59 Å². The van der Waals surface area contributed by atoms with Crippen LogP contribution in [0, 0.1) is 5.92 Å². The molecule has 0 aromatic heterocycles. The second kappa shape index (κ2) is 5.78. The van der Waals surface area contributed by atoms with Gasteiger partial charge in [-0.25, -0.2) is 4.79 Å². The number of epoxide rings is 1. The van der Waals surface area contributed by atoms with Gasteiger partial charge in [-0.1, -0.05) is 19.1 Å². The molecule has 0 radical (unpaired) electrons. The van der Waals surface area contributed by atoms with Crippen LogP contribution in [-0.4, -0.2) is 35.9 Å². The molecule has 5 unspecified atom stereocenters. The lowest BCUT2D eigenvalue weighted by Gasteiger charge is -2.27. The van der Waals surface area contributed by atoms with E-state index in [0.29, 0.717) is 18.4 Å². The minimum Gasteiger partial charge on any atom is -0.459 e. The third-order valence-corrected chi connectivity index (χ3v) is 5.25. The normalized spacial score (nSPS) is 39.7. The van der Waals surface area contributed by atoms with Crippen LogP contribution in [0.5, 0.6) is 0 Å².